The zero-order chi connectivity index (χ0) is 23.9. The zero-order valence-electron chi connectivity index (χ0n) is 18.8. The van der Waals surface area contributed by atoms with Gasteiger partial charge in [-0.3, -0.25) is 4.79 Å². The average Bonchev–Trinajstić information content (AvgIpc) is 3.12. The molecule has 180 valence electrons. The van der Waals surface area contributed by atoms with Crippen molar-refractivity contribution in [3.63, 3.8) is 0 Å². The maximum absolute atomic E-state index is 12.7. The van der Waals surface area contributed by atoms with Crippen molar-refractivity contribution in [2.75, 3.05) is 37.7 Å². The van der Waals surface area contributed by atoms with E-state index >= 15 is 0 Å². The highest BCUT2D eigenvalue weighted by atomic mass is 32.2. The molecule has 0 radical (unpaired) electrons. The van der Waals surface area contributed by atoms with Gasteiger partial charge in [0.2, 0.25) is 10.0 Å². The summed E-state index contributed by atoms with van der Waals surface area (Å²) >= 11 is 0. The Labute approximate surface area is 190 Å². The Hall–Kier alpha value is -1.98. The zero-order valence-corrected chi connectivity index (χ0v) is 20.5. The van der Waals surface area contributed by atoms with E-state index in [1.165, 1.54) is 33.5 Å². The molecule has 1 fully saturated rings. The first-order chi connectivity index (χ1) is 15.1. The highest BCUT2D eigenvalue weighted by Crippen LogP contribution is 2.20. The third-order valence-electron chi connectivity index (χ3n) is 5.46. The molecule has 0 bridgehead atoms. The fourth-order valence-corrected chi connectivity index (χ4v) is 6.89. The van der Waals surface area contributed by atoms with Gasteiger partial charge < -0.3 is 9.64 Å². The predicted octanol–water partition coefficient (Wildman–Crippen LogP) is 1.69. The minimum atomic E-state index is -3.74. The topological polar surface area (TPSA) is 118 Å². The lowest BCUT2D eigenvalue weighted by molar-refractivity contribution is -0.136. The van der Waals surface area contributed by atoms with E-state index < -0.39 is 44.4 Å². The van der Waals surface area contributed by atoms with Crippen molar-refractivity contribution in [2.24, 2.45) is 0 Å². The van der Waals surface area contributed by atoms with E-state index in [2.05, 4.69) is 0 Å². The molecular weight excluding hydrogens is 456 g/mol. The van der Waals surface area contributed by atoms with E-state index in [4.69, 9.17) is 4.74 Å². The minimum Gasteiger partial charge on any atom is -0.452 e. The molecule has 0 saturated carbocycles. The lowest BCUT2D eigenvalue weighted by Crippen LogP contribution is -2.43. The second-order valence-electron chi connectivity index (χ2n) is 7.69. The van der Waals surface area contributed by atoms with Crippen LogP contribution in [0.3, 0.4) is 0 Å². The standard InChI is InChI=1S/C21H32N2O7S2/c1-4-7-12-23(18-11-13-31(26,27)16-18)20(24)15-30-21(25)17-9-8-10-19(14-17)32(28,29)22(5-2)6-3/h8-10,14,18H,4-7,11-13,15-16H2,1-3H3. The fraction of sp³-hybridized carbons (Fsp3) is 0.619. The Morgan fingerprint density at radius 2 is 1.84 bits per heavy atom. The number of ether oxygens (including phenoxy) is 1. The Morgan fingerprint density at radius 1 is 1.16 bits per heavy atom. The van der Waals surface area contributed by atoms with Gasteiger partial charge in [-0.15, -0.1) is 0 Å². The Balaban J connectivity index is 2.09. The van der Waals surface area contributed by atoms with Crippen LogP contribution in [0.4, 0.5) is 0 Å². The normalized spacial score (nSPS) is 17.9. The number of hydrogen-bond donors (Lipinski definition) is 0. The Bertz CT molecular complexity index is 1020. The monoisotopic (exact) mass is 488 g/mol. The van der Waals surface area contributed by atoms with Gasteiger partial charge in [0.1, 0.15) is 0 Å². The number of rotatable bonds is 11. The number of benzene rings is 1. The summed E-state index contributed by atoms with van der Waals surface area (Å²) in [7, 11) is -6.91. The second-order valence-corrected chi connectivity index (χ2v) is 11.9. The van der Waals surface area contributed by atoms with Gasteiger partial charge in [-0.05, 0) is 31.0 Å². The number of hydrogen-bond acceptors (Lipinski definition) is 7. The van der Waals surface area contributed by atoms with Crippen LogP contribution in [0.1, 0.15) is 50.4 Å². The van der Waals surface area contributed by atoms with Gasteiger partial charge in [-0.25, -0.2) is 21.6 Å². The molecule has 0 aliphatic carbocycles. The molecule has 1 unspecified atom stereocenters. The van der Waals surface area contributed by atoms with Crippen LogP contribution in [0.25, 0.3) is 0 Å². The second kappa shape index (κ2) is 11.2. The summed E-state index contributed by atoms with van der Waals surface area (Å²) in [6.07, 6.45) is 1.91. The molecule has 0 aromatic heterocycles. The summed E-state index contributed by atoms with van der Waals surface area (Å²) in [4.78, 5) is 26.7. The molecule has 1 aliphatic heterocycles. The third kappa shape index (κ3) is 6.52. The van der Waals surface area contributed by atoms with Gasteiger partial charge in [0.25, 0.3) is 5.91 Å². The third-order valence-corrected chi connectivity index (χ3v) is 9.26. The molecule has 1 saturated heterocycles. The molecule has 9 nitrogen and oxygen atoms in total. The smallest absolute Gasteiger partial charge is 0.338 e. The molecule has 0 N–H and O–H groups in total. The van der Waals surface area contributed by atoms with E-state index in [0.717, 1.165) is 6.42 Å². The highest BCUT2D eigenvalue weighted by molar-refractivity contribution is 7.91. The van der Waals surface area contributed by atoms with Crippen LogP contribution in [0, 0.1) is 0 Å². The number of sulfone groups is 1. The van der Waals surface area contributed by atoms with Crippen LogP contribution >= 0.6 is 0 Å². The molecule has 1 atom stereocenters. The first kappa shape index (κ1) is 26.3. The van der Waals surface area contributed by atoms with Crippen LogP contribution in [-0.4, -0.2) is 81.7 Å². The molecule has 2 rings (SSSR count). The molecule has 1 heterocycles. The summed E-state index contributed by atoms with van der Waals surface area (Å²) in [5.74, 6) is -1.31. The van der Waals surface area contributed by atoms with Gasteiger partial charge >= 0.3 is 5.97 Å². The number of carbonyl (C=O) groups is 2. The summed E-state index contributed by atoms with van der Waals surface area (Å²) in [5.41, 5.74) is 0.0228. The Morgan fingerprint density at radius 3 is 2.41 bits per heavy atom. The molecule has 11 heteroatoms. The number of amides is 1. The van der Waals surface area contributed by atoms with Crippen molar-refractivity contribution < 1.29 is 31.2 Å². The number of carbonyl (C=O) groups excluding carboxylic acids is 2. The van der Waals surface area contributed by atoms with Crippen LogP contribution in [0.5, 0.6) is 0 Å². The number of nitrogens with zero attached hydrogens (tertiary/aromatic N) is 2. The molecule has 1 aromatic rings. The minimum absolute atomic E-state index is 0.0228. The van der Waals surface area contributed by atoms with E-state index in [1.54, 1.807) is 13.8 Å². The van der Waals surface area contributed by atoms with Crippen LogP contribution in [0.15, 0.2) is 29.2 Å². The molecule has 32 heavy (non-hydrogen) atoms. The number of esters is 1. The highest BCUT2D eigenvalue weighted by Gasteiger charge is 2.34. The van der Waals surface area contributed by atoms with Crippen molar-refractivity contribution in [2.45, 2.75) is 51.0 Å². The van der Waals surface area contributed by atoms with Crippen LogP contribution in [0.2, 0.25) is 0 Å². The maximum atomic E-state index is 12.7. The Kier molecular flexibility index (Phi) is 9.23. The van der Waals surface area contributed by atoms with E-state index in [0.29, 0.717) is 32.5 Å². The molecule has 1 aromatic carbocycles. The van der Waals surface area contributed by atoms with Crippen LogP contribution in [-0.2, 0) is 29.4 Å². The van der Waals surface area contributed by atoms with Gasteiger partial charge in [-0.2, -0.15) is 4.31 Å². The van der Waals surface area contributed by atoms with E-state index in [-0.39, 0.29) is 22.0 Å². The first-order valence-electron chi connectivity index (χ1n) is 10.8. The summed E-state index contributed by atoms with van der Waals surface area (Å²) in [6, 6.07) is 5.10. The summed E-state index contributed by atoms with van der Waals surface area (Å²) in [5, 5.41) is 0. The van der Waals surface area contributed by atoms with Crippen molar-refractivity contribution >= 4 is 31.7 Å². The van der Waals surface area contributed by atoms with Gasteiger partial charge in [0, 0.05) is 25.7 Å². The first-order valence-corrected chi connectivity index (χ1v) is 14.1. The van der Waals surface area contributed by atoms with Gasteiger partial charge in [0.15, 0.2) is 16.4 Å². The molecule has 1 aliphatic rings. The number of sulfonamides is 1. The maximum Gasteiger partial charge on any atom is 0.338 e. The summed E-state index contributed by atoms with van der Waals surface area (Å²) in [6.45, 7) is 5.87. The SMILES string of the molecule is CCCCN(C(=O)COC(=O)c1cccc(S(=O)(=O)N(CC)CC)c1)C1CCS(=O)(=O)C1. The van der Waals surface area contributed by atoms with Crippen molar-refractivity contribution in [1.82, 2.24) is 9.21 Å². The summed E-state index contributed by atoms with van der Waals surface area (Å²) < 4.78 is 55.5. The average molecular weight is 489 g/mol. The number of unbranched alkanes of at least 4 members (excludes halogenated alkanes) is 1. The van der Waals surface area contributed by atoms with Crippen molar-refractivity contribution in [1.29, 1.82) is 0 Å². The van der Waals surface area contributed by atoms with Gasteiger partial charge in [0.05, 0.1) is 22.0 Å². The van der Waals surface area contributed by atoms with Gasteiger partial charge in [-0.1, -0.05) is 33.3 Å². The molecule has 0 spiro atoms. The largest absolute Gasteiger partial charge is 0.452 e. The van der Waals surface area contributed by atoms with E-state index in [9.17, 15) is 26.4 Å². The fourth-order valence-electron chi connectivity index (χ4n) is 3.65. The lowest BCUT2D eigenvalue weighted by atomic mass is 10.2. The quantitative estimate of drug-likeness (QED) is 0.435. The molecular formula is C21H32N2O7S2. The van der Waals surface area contributed by atoms with E-state index in [1.807, 2.05) is 6.92 Å². The lowest BCUT2D eigenvalue weighted by Gasteiger charge is -2.28. The van der Waals surface area contributed by atoms with Crippen molar-refractivity contribution in [3.8, 4) is 0 Å². The van der Waals surface area contributed by atoms with Crippen molar-refractivity contribution in [3.05, 3.63) is 29.8 Å². The predicted molar refractivity (Wildman–Crippen MR) is 121 cm³/mol. The van der Waals surface area contributed by atoms with Crippen LogP contribution < -0.4 is 0 Å². The molecule has 1 amide bonds.